The molecule has 0 heterocycles. The summed E-state index contributed by atoms with van der Waals surface area (Å²) in [5.74, 6) is -1.24. The van der Waals surface area contributed by atoms with Crippen molar-refractivity contribution in [2.45, 2.75) is 11.9 Å². The van der Waals surface area contributed by atoms with Crippen molar-refractivity contribution >= 4 is 31.9 Å². The van der Waals surface area contributed by atoms with Crippen LogP contribution < -0.4 is 9.47 Å². The SMILES string of the molecule is COc1ccc(Br)cc1COc1c(F)cc(CBr)cc1F. The summed E-state index contributed by atoms with van der Waals surface area (Å²) in [5.41, 5.74) is 1.20. The van der Waals surface area contributed by atoms with Crippen LogP contribution >= 0.6 is 31.9 Å². The van der Waals surface area contributed by atoms with E-state index in [1.807, 2.05) is 6.07 Å². The van der Waals surface area contributed by atoms with E-state index in [2.05, 4.69) is 31.9 Å². The molecule has 0 bridgehead atoms. The van der Waals surface area contributed by atoms with Crippen molar-refractivity contribution in [1.82, 2.24) is 0 Å². The molecule has 0 N–H and O–H groups in total. The van der Waals surface area contributed by atoms with E-state index in [4.69, 9.17) is 9.47 Å². The second kappa shape index (κ2) is 7.22. The summed E-state index contributed by atoms with van der Waals surface area (Å²) >= 11 is 6.49. The first-order chi connectivity index (χ1) is 10.0. The standard InChI is InChI=1S/C15H12Br2F2O2/c1-20-14-3-2-11(17)6-10(14)8-21-15-12(18)4-9(7-16)5-13(15)19/h2-6H,7-8H2,1H3. The largest absolute Gasteiger partial charge is 0.496 e. The molecule has 112 valence electrons. The van der Waals surface area contributed by atoms with Crippen LogP contribution in [0.25, 0.3) is 0 Å². The Morgan fingerprint density at radius 3 is 2.33 bits per heavy atom. The van der Waals surface area contributed by atoms with Gasteiger partial charge < -0.3 is 9.47 Å². The summed E-state index contributed by atoms with van der Waals surface area (Å²) < 4.78 is 39.0. The van der Waals surface area contributed by atoms with Gasteiger partial charge in [-0.2, -0.15) is 0 Å². The molecule has 0 spiro atoms. The van der Waals surface area contributed by atoms with Gasteiger partial charge in [-0.15, -0.1) is 0 Å². The maximum absolute atomic E-state index is 13.8. The molecule has 0 aromatic heterocycles. The lowest BCUT2D eigenvalue weighted by atomic mass is 10.2. The Balaban J connectivity index is 2.22. The zero-order chi connectivity index (χ0) is 15.4. The van der Waals surface area contributed by atoms with Crippen LogP contribution in [0.5, 0.6) is 11.5 Å². The van der Waals surface area contributed by atoms with Gasteiger partial charge in [0.2, 0.25) is 0 Å². The van der Waals surface area contributed by atoms with Gasteiger partial charge in [0.05, 0.1) is 7.11 Å². The number of methoxy groups -OCH3 is 1. The number of alkyl halides is 1. The predicted octanol–water partition coefficient (Wildman–Crippen LogP) is 5.21. The highest BCUT2D eigenvalue weighted by Crippen LogP contribution is 2.28. The van der Waals surface area contributed by atoms with E-state index >= 15 is 0 Å². The van der Waals surface area contributed by atoms with Crippen molar-refractivity contribution in [3.8, 4) is 11.5 Å². The number of hydrogen-bond acceptors (Lipinski definition) is 2. The lowest BCUT2D eigenvalue weighted by Gasteiger charge is -2.12. The van der Waals surface area contributed by atoms with Crippen LogP contribution in [-0.4, -0.2) is 7.11 Å². The lowest BCUT2D eigenvalue weighted by Crippen LogP contribution is -2.02. The average molecular weight is 422 g/mol. The van der Waals surface area contributed by atoms with Crippen molar-refractivity contribution < 1.29 is 18.3 Å². The molecule has 21 heavy (non-hydrogen) atoms. The van der Waals surface area contributed by atoms with Crippen LogP contribution in [0.15, 0.2) is 34.8 Å². The molecule has 2 aromatic rings. The Labute approximate surface area is 138 Å². The molecule has 2 aromatic carbocycles. The molecule has 0 aliphatic heterocycles. The number of benzene rings is 2. The third-order valence-electron chi connectivity index (χ3n) is 2.83. The molecule has 0 amide bonds. The molecule has 0 unspecified atom stereocenters. The molecule has 0 atom stereocenters. The van der Waals surface area contributed by atoms with Crippen molar-refractivity contribution in [1.29, 1.82) is 0 Å². The number of ether oxygens (including phenoxy) is 2. The summed E-state index contributed by atoms with van der Waals surface area (Å²) in [7, 11) is 1.53. The third kappa shape index (κ3) is 3.95. The van der Waals surface area contributed by atoms with E-state index in [0.29, 0.717) is 22.2 Å². The van der Waals surface area contributed by atoms with Crippen molar-refractivity contribution in [2.75, 3.05) is 7.11 Å². The summed E-state index contributed by atoms with van der Waals surface area (Å²) in [6.45, 7) is 0.00408. The molecular weight excluding hydrogens is 410 g/mol. The van der Waals surface area contributed by atoms with Crippen LogP contribution in [-0.2, 0) is 11.9 Å². The zero-order valence-electron chi connectivity index (χ0n) is 11.1. The van der Waals surface area contributed by atoms with E-state index in [0.717, 1.165) is 4.47 Å². The monoisotopic (exact) mass is 420 g/mol. The number of halogens is 4. The quantitative estimate of drug-likeness (QED) is 0.617. The minimum absolute atomic E-state index is 0.00408. The summed E-state index contributed by atoms with van der Waals surface area (Å²) in [6, 6.07) is 7.83. The van der Waals surface area contributed by atoms with Crippen molar-refractivity contribution in [2.24, 2.45) is 0 Å². The van der Waals surface area contributed by atoms with Gasteiger partial charge >= 0.3 is 0 Å². The van der Waals surface area contributed by atoms with Crippen LogP contribution in [0.4, 0.5) is 8.78 Å². The van der Waals surface area contributed by atoms with Crippen LogP contribution in [0.1, 0.15) is 11.1 Å². The van der Waals surface area contributed by atoms with Crippen LogP contribution in [0.2, 0.25) is 0 Å². The first-order valence-electron chi connectivity index (χ1n) is 6.04. The van der Waals surface area contributed by atoms with E-state index in [9.17, 15) is 8.78 Å². The molecule has 0 saturated heterocycles. The second-order valence-electron chi connectivity index (χ2n) is 4.27. The summed E-state index contributed by atoms with van der Waals surface area (Å²) in [6.07, 6.45) is 0. The van der Waals surface area contributed by atoms with Gasteiger partial charge in [-0.3, -0.25) is 0 Å². The average Bonchev–Trinajstić information content (AvgIpc) is 2.46. The fourth-order valence-electron chi connectivity index (χ4n) is 1.84. The summed E-state index contributed by atoms with van der Waals surface area (Å²) in [4.78, 5) is 0. The Morgan fingerprint density at radius 2 is 1.76 bits per heavy atom. The van der Waals surface area contributed by atoms with Gasteiger partial charge in [0.25, 0.3) is 0 Å². The zero-order valence-corrected chi connectivity index (χ0v) is 14.3. The highest BCUT2D eigenvalue weighted by Gasteiger charge is 2.14. The van der Waals surface area contributed by atoms with Gasteiger partial charge in [0.1, 0.15) is 12.4 Å². The topological polar surface area (TPSA) is 18.5 Å². The maximum Gasteiger partial charge on any atom is 0.191 e. The lowest BCUT2D eigenvalue weighted by molar-refractivity contribution is 0.267. The minimum Gasteiger partial charge on any atom is -0.496 e. The fourth-order valence-corrected chi connectivity index (χ4v) is 2.57. The highest BCUT2D eigenvalue weighted by molar-refractivity contribution is 9.10. The van der Waals surface area contributed by atoms with Gasteiger partial charge in [-0.25, -0.2) is 8.78 Å². The Bertz CT molecular complexity index is 625. The van der Waals surface area contributed by atoms with E-state index in [-0.39, 0.29) is 12.4 Å². The second-order valence-corrected chi connectivity index (χ2v) is 5.74. The van der Waals surface area contributed by atoms with Crippen molar-refractivity contribution in [3.05, 3.63) is 57.6 Å². The molecule has 2 rings (SSSR count). The molecule has 0 radical (unpaired) electrons. The Hall–Kier alpha value is -1.14. The fraction of sp³-hybridized carbons (Fsp3) is 0.200. The van der Waals surface area contributed by atoms with Gasteiger partial charge in [0, 0.05) is 15.4 Å². The molecule has 0 fully saturated rings. The van der Waals surface area contributed by atoms with Gasteiger partial charge in [-0.1, -0.05) is 31.9 Å². The molecule has 6 heteroatoms. The smallest absolute Gasteiger partial charge is 0.191 e. The maximum atomic E-state index is 13.8. The van der Waals surface area contributed by atoms with E-state index < -0.39 is 11.6 Å². The van der Waals surface area contributed by atoms with Gasteiger partial charge in [-0.05, 0) is 35.9 Å². The van der Waals surface area contributed by atoms with E-state index in [1.165, 1.54) is 19.2 Å². The normalized spacial score (nSPS) is 10.5. The number of rotatable bonds is 5. The van der Waals surface area contributed by atoms with Crippen LogP contribution in [0.3, 0.4) is 0 Å². The molecule has 0 aliphatic carbocycles. The molecule has 2 nitrogen and oxygen atoms in total. The predicted molar refractivity (Wildman–Crippen MR) is 84.0 cm³/mol. The van der Waals surface area contributed by atoms with Gasteiger partial charge in [0.15, 0.2) is 17.4 Å². The molecule has 0 aliphatic rings. The Kier molecular flexibility index (Phi) is 5.58. The minimum atomic E-state index is -0.724. The molecular formula is C15H12Br2F2O2. The number of hydrogen-bond donors (Lipinski definition) is 0. The third-order valence-corrected chi connectivity index (χ3v) is 3.97. The van der Waals surface area contributed by atoms with E-state index in [1.54, 1.807) is 12.1 Å². The Morgan fingerprint density at radius 1 is 1.10 bits per heavy atom. The van der Waals surface area contributed by atoms with Crippen LogP contribution in [0, 0.1) is 11.6 Å². The molecule has 0 saturated carbocycles. The summed E-state index contributed by atoms with van der Waals surface area (Å²) in [5, 5.41) is 0.376. The first kappa shape index (κ1) is 16.2. The highest BCUT2D eigenvalue weighted by atomic mass is 79.9. The first-order valence-corrected chi connectivity index (χ1v) is 7.95. The van der Waals surface area contributed by atoms with Crippen molar-refractivity contribution in [3.63, 3.8) is 0 Å².